The Bertz CT molecular complexity index is 1120. The minimum absolute atomic E-state index is 0.164. The molecule has 168 valence electrons. The number of rotatable bonds is 10. The molecule has 1 saturated heterocycles. The van der Waals surface area contributed by atoms with Gasteiger partial charge in [0.25, 0.3) is 10.0 Å². The topological polar surface area (TPSA) is 49.9 Å². The summed E-state index contributed by atoms with van der Waals surface area (Å²) < 4.78 is 34.6. The molecule has 1 aliphatic heterocycles. The maximum Gasteiger partial charge on any atom is 0.264 e. The number of benzene rings is 3. The molecule has 0 saturated carbocycles. The Hall–Kier alpha value is -2.54. The van der Waals surface area contributed by atoms with Crippen molar-refractivity contribution in [3.05, 3.63) is 89.4 Å². The normalized spacial score (nSPS) is 14.0. The molecule has 4 rings (SSSR count). The van der Waals surface area contributed by atoms with E-state index in [1.165, 1.54) is 35.9 Å². The van der Waals surface area contributed by atoms with Gasteiger partial charge in [0.15, 0.2) is 0 Å². The van der Waals surface area contributed by atoms with Gasteiger partial charge in [0.2, 0.25) is 0 Å². The minimum Gasteiger partial charge on any atom is -0.493 e. The van der Waals surface area contributed by atoms with Gasteiger partial charge in [-0.1, -0.05) is 48.0 Å². The number of halogens is 1. The van der Waals surface area contributed by atoms with E-state index in [-0.39, 0.29) is 11.4 Å². The fourth-order valence-corrected chi connectivity index (χ4v) is 5.22. The van der Waals surface area contributed by atoms with Gasteiger partial charge >= 0.3 is 0 Å². The van der Waals surface area contributed by atoms with Crippen molar-refractivity contribution in [2.24, 2.45) is 0 Å². The Morgan fingerprint density at radius 2 is 1.59 bits per heavy atom. The molecule has 0 aliphatic carbocycles. The van der Waals surface area contributed by atoms with Crippen molar-refractivity contribution in [2.45, 2.75) is 24.3 Å². The summed E-state index contributed by atoms with van der Waals surface area (Å²) in [7, 11) is -3.81. The van der Waals surface area contributed by atoms with E-state index < -0.39 is 10.0 Å². The zero-order valence-electron chi connectivity index (χ0n) is 17.9. The minimum atomic E-state index is -3.81. The van der Waals surface area contributed by atoms with Gasteiger partial charge in [0.05, 0.1) is 23.7 Å². The van der Waals surface area contributed by atoms with E-state index >= 15 is 0 Å². The zero-order chi connectivity index (χ0) is 22.4. The lowest BCUT2D eigenvalue weighted by molar-refractivity contribution is 0.165. The molecule has 32 heavy (non-hydrogen) atoms. The SMILES string of the molecule is O=S(=O)(c1ccc(Cl)cc1)N(Cc1ccccc1OCCCN1CCC1)c1ccccc1. The standard InChI is InChI=1S/C25H27ClN2O3S/c26-22-12-14-24(15-13-22)32(29,30)28(23-9-2-1-3-10-23)20-21-8-4-5-11-25(21)31-19-7-18-27-16-6-17-27/h1-5,8-15H,6-7,16-20H2. The molecule has 0 spiro atoms. The summed E-state index contributed by atoms with van der Waals surface area (Å²) in [5.41, 5.74) is 1.41. The van der Waals surface area contributed by atoms with Crippen LogP contribution in [-0.4, -0.2) is 39.6 Å². The van der Waals surface area contributed by atoms with Gasteiger partial charge in [-0.3, -0.25) is 4.31 Å². The van der Waals surface area contributed by atoms with Crippen molar-refractivity contribution in [3.8, 4) is 5.75 Å². The maximum absolute atomic E-state index is 13.6. The molecule has 5 nitrogen and oxygen atoms in total. The molecule has 3 aromatic carbocycles. The Morgan fingerprint density at radius 1 is 0.906 bits per heavy atom. The van der Waals surface area contributed by atoms with Crippen molar-refractivity contribution in [2.75, 3.05) is 30.5 Å². The highest BCUT2D eigenvalue weighted by Crippen LogP contribution is 2.29. The molecule has 0 N–H and O–H groups in total. The number of hydrogen-bond acceptors (Lipinski definition) is 4. The Kier molecular flexibility index (Phi) is 7.35. The predicted octanol–water partition coefficient (Wildman–Crippen LogP) is 5.21. The quantitative estimate of drug-likeness (QED) is 0.382. The van der Waals surface area contributed by atoms with Crippen LogP contribution < -0.4 is 9.04 Å². The van der Waals surface area contributed by atoms with Crippen molar-refractivity contribution < 1.29 is 13.2 Å². The molecule has 0 aromatic heterocycles. The lowest BCUT2D eigenvalue weighted by Gasteiger charge is -2.30. The fourth-order valence-electron chi connectivity index (χ4n) is 3.65. The average molecular weight is 471 g/mol. The van der Waals surface area contributed by atoms with E-state index in [0.29, 0.717) is 23.1 Å². The van der Waals surface area contributed by atoms with Crippen LogP contribution in [0.15, 0.2) is 83.8 Å². The van der Waals surface area contributed by atoms with Crippen molar-refractivity contribution in [3.63, 3.8) is 0 Å². The summed E-state index contributed by atoms with van der Waals surface area (Å²) in [6.07, 6.45) is 2.22. The maximum atomic E-state index is 13.6. The van der Waals surface area contributed by atoms with Gasteiger partial charge in [-0.25, -0.2) is 8.42 Å². The first-order valence-electron chi connectivity index (χ1n) is 10.8. The summed E-state index contributed by atoms with van der Waals surface area (Å²) in [6.45, 7) is 4.14. The van der Waals surface area contributed by atoms with E-state index in [0.717, 1.165) is 18.5 Å². The van der Waals surface area contributed by atoms with Crippen LogP contribution in [-0.2, 0) is 16.6 Å². The summed E-state index contributed by atoms with van der Waals surface area (Å²) in [6, 6.07) is 23.0. The summed E-state index contributed by atoms with van der Waals surface area (Å²) in [4.78, 5) is 2.60. The van der Waals surface area contributed by atoms with E-state index in [4.69, 9.17) is 16.3 Å². The third kappa shape index (κ3) is 5.44. The number of hydrogen-bond donors (Lipinski definition) is 0. The Labute approximate surface area is 195 Å². The molecule has 7 heteroatoms. The van der Waals surface area contributed by atoms with Crippen LogP contribution in [0.25, 0.3) is 0 Å². The highest BCUT2D eigenvalue weighted by Gasteiger charge is 2.26. The van der Waals surface area contributed by atoms with Gasteiger partial charge in [0, 0.05) is 17.1 Å². The van der Waals surface area contributed by atoms with E-state index in [1.54, 1.807) is 24.3 Å². The monoisotopic (exact) mass is 470 g/mol. The van der Waals surface area contributed by atoms with E-state index in [1.807, 2.05) is 42.5 Å². The van der Waals surface area contributed by atoms with Crippen LogP contribution in [0.3, 0.4) is 0 Å². The number of anilines is 1. The van der Waals surface area contributed by atoms with Gasteiger partial charge < -0.3 is 9.64 Å². The van der Waals surface area contributed by atoms with Crippen LogP contribution >= 0.6 is 11.6 Å². The molecular weight excluding hydrogens is 444 g/mol. The predicted molar refractivity (Wildman–Crippen MR) is 129 cm³/mol. The van der Waals surface area contributed by atoms with E-state index in [9.17, 15) is 8.42 Å². The molecule has 1 aliphatic rings. The Morgan fingerprint density at radius 3 is 2.28 bits per heavy atom. The second kappa shape index (κ2) is 10.4. The highest BCUT2D eigenvalue weighted by molar-refractivity contribution is 7.92. The average Bonchev–Trinajstić information content (AvgIpc) is 2.77. The number of sulfonamides is 1. The first-order valence-corrected chi connectivity index (χ1v) is 12.6. The fraction of sp³-hybridized carbons (Fsp3) is 0.280. The van der Waals surface area contributed by atoms with Crippen LogP contribution in [0.5, 0.6) is 5.75 Å². The third-order valence-corrected chi connectivity index (χ3v) is 7.60. The molecule has 0 unspecified atom stereocenters. The van der Waals surface area contributed by atoms with E-state index in [2.05, 4.69) is 4.90 Å². The number of nitrogens with zero attached hydrogens (tertiary/aromatic N) is 2. The summed E-state index contributed by atoms with van der Waals surface area (Å²) in [5.74, 6) is 0.711. The largest absolute Gasteiger partial charge is 0.493 e. The van der Waals surface area contributed by atoms with Crippen LogP contribution in [0.4, 0.5) is 5.69 Å². The second-order valence-corrected chi connectivity index (χ2v) is 10.1. The van der Waals surface area contributed by atoms with Crippen molar-refractivity contribution in [1.82, 2.24) is 4.90 Å². The molecule has 0 atom stereocenters. The molecule has 0 bridgehead atoms. The zero-order valence-corrected chi connectivity index (χ0v) is 19.4. The van der Waals surface area contributed by atoms with Gasteiger partial charge in [-0.05, 0) is 68.4 Å². The van der Waals surface area contributed by atoms with Crippen molar-refractivity contribution in [1.29, 1.82) is 0 Å². The summed E-state index contributed by atoms with van der Waals surface area (Å²) >= 11 is 5.97. The second-order valence-electron chi connectivity index (χ2n) is 7.81. The molecule has 0 radical (unpaired) electrons. The van der Waals surface area contributed by atoms with Gasteiger partial charge in [-0.2, -0.15) is 0 Å². The third-order valence-electron chi connectivity index (χ3n) is 5.56. The van der Waals surface area contributed by atoms with Crippen LogP contribution in [0.1, 0.15) is 18.4 Å². The lowest BCUT2D eigenvalue weighted by Crippen LogP contribution is -2.38. The smallest absolute Gasteiger partial charge is 0.264 e. The first kappa shape index (κ1) is 22.6. The highest BCUT2D eigenvalue weighted by atomic mass is 35.5. The molecule has 0 amide bonds. The molecule has 3 aromatic rings. The Balaban J connectivity index is 1.57. The number of likely N-dealkylation sites (tertiary alicyclic amines) is 1. The summed E-state index contributed by atoms with van der Waals surface area (Å²) in [5, 5.41) is 0.493. The lowest BCUT2D eigenvalue weighted by atomic mass is 10.2. The van der Waals surface area contributed by atoms with Crippen LogP contribution in [0, 0.1) is 0 Å². The van der Waals surface area contributed by atoms with Gasteiger partial charge in [0.1, 0.15) is 5.75 Å². The molecule has 1 heterocycles. The van der Waals surface area contributed by atoms with Crippen molar-refractivity contribution >= 4 is 27.3 Å². The number of ether oxygens (including phenoxy) is 1. The van der Waals surface area contributed by atoms with Gasteiger partial charge in [-0.15, -0.1) is 0 Å². The molecular formula is C25H27ClN2O3S. The number of para-hydroxylation sites is 2. The first-order chi connectivity index (χ1) is 15.5. The molecule has 1 fully saturated rings. The van der Waals surface area contributed by atoms with Crippen LogP contribution in [0.2, 0.25) is 5.02 Å².